The van der Waals surface area contributed by atoms with Crippen molar-refractivity contribution in [1.29, 1.82) is 5.26 Å². The van der Waals surface area contributed by atoms with Gasteiger partial charge in [-0.25, -0.2) is 14.8 Å². The van der Waals surface area contributed by atoms with Crippen LogP contribution in [-0.4, -0.2) is 35.6 Å². The highest BCUT2D eigenvalue weighted by Crippen LogP contribution is 2.30. The Kier molecular flexibility index (Phi) is 5.54. The predicted molar refractivity (Wildman–Crippen MR) is 95.8 cm³/mol. The van der Waals surface area contributed by atoms with E-state index < -0.39 is 5.97 Å². The minimum absolute atomic E-state index is 0.00428. The van der Waals surface area contributed by atoms with Gasteiger partial charge in [0.05, 0.1) is 29.5 Å². The monoisotopic (exact) mass is 372 g/mol. The average Bonchev–Trinajstić information content (AvgIpc) is 3.18. The van der Waals surface area contributed by atoms with E-state index >= 15 is 0 Å². The molecule has 3 rings (SSSR count). The largest absolute Gasteiger partial charge is 0.490 e. The van der Waals surface area contributed by atoms with E-state index in [0.717, 1.165) is 25.9 Å². The van der Waals surface area contributed by atoms with Gasteiger partial charge in [-0.1, -0.05) is 11.6 Å². The van der Waals surface area contributed by atoms with E-state index in [2.05, 4.69) is 9.97 Å². The quantitative estimate of drug-likeness (QED) is 0.588. The highest BCUT2D eigenvalue weighted by atomic mass is 35.5. The molecule has 0 saturated carbocycles. The molecule has 8 heteroatoms. The fraction of sp³-hybridized carbons (Fsp3) is 0.333. The van der Waals surface area contributed by atoms with Crippen LogP contribution in [0.15, 0.2) is 24.4 Å². The second-order valence-corrected chi connectivity index (χ2v) is 6.06. The Bertz CT molecular complexity index is 860. The molecule has 1 aliphatic rings. The minimum Gasteiger partial charge on any atom is -0.490 e. The molecule has 1 aromatic heterocycles. The maximum Gasteiger partial charge on any atom is 0.364 e. The Balaban J connectivity index is 1.86. The van der Waals surface area contributed by atoms with Crippen LogP contribution in [0.5, 0.6) is 11.5 Å². The number of hydrogen-bond donors (Lipinski definition) is 0. The fourth-order valence-corrected chi connectivity index (χ4v) is 2.82. The van der Waals surface area contributed by atoms with Gasteiger partial charge >= 0.3 is 5.97 Å². The van der Waals surface area contributed by atoms with Crippen molar-refractivity contribution >= 4 is 23.5 Å². The Morgan fingerprint density at radius 3 is 2.81 bits per heavy atom. The molecule has 0 bridgehead atoms. The standard InChI is InChI=1S/C18H17ClN4O3/c1-2-25-15-9-12(10-20)5-6-14(15)26-17(24)16-13(19)11-21-18(22-16)23-7-3-4-8-23/h5-6,9,11H,2-4,7-8H2,1H3. The number of nitriles is 1. The molecular weight excluding hydrogens is 356 g/mol. The van der Waals surface area contributed by atoms with E-state index in [-0.39, 0.29) is 16.5 Å². The van der Waals surface area contributed by atoms with Crippen molar-refractivity contribution in [2.75, 3.05) is 24.6 Å². The van der Waals surface area contributed by atoms with E-state index in [1.54, 1.807) is 13.0 Å². The van der Waals surface area contributed by atoms with Crippen molar-refractivity contribution in [3.05, 3.63) is 40.7 Å². The van der Waals surface area contributed by atoms with Crippen molar-refractivity contribution in [3.8, 4) is 17.6 Å². The summed E-state index contributed by atoms with van der Waals surface area (Å²) in [4.78, 5) is 23.0. The van der Waals surface area contributed by atoms with Crippen LogP contribution in [0.3, 0.4) is 0 Å². The van der Waals surface area contributed by atoms with E-state index in [4.69, 9.17) is 26.3 Å². The maximum absolute atomic E-state index is 12.6. The van der Waals surface area contributed by atoms with E-state index in [1.165, 1.54) is 18.3 Å². The molecule has 0 aliphatic carbocycles. The summed E-state index contributed by atoms with van der Waals surface area (Å²) in [7, 11) is 0. The molecule has 1 aromatic carbocycles. The number of carbonyl (C=O) groups excluding carboxylic acids is 1. The predicted octanol–water partition coefficient (Wildman–Crippen LogP) is 3.22. The summed E-state index contributed by atoms with van der Waals surface area (Å²) in [5, 5.41) is 9.11. The molecule has 0 radical (unpaired) electrons. The lowest BCUT2D eigenvalue weighted by atomic mass is 10.2. The molecule has 0 spiro atoms. The topological polar surface area (TPSA) is 88.3 Å². The lowest BCUT2D eigenvalue weighted by Crippen LogP contribution is -2.22. The third-order valence-electron chi connectivity index (χ3n) is 3.89. The summed E-state index contributed by atoms with van der Waals surface area (Å²) >= 11 is 6.09. The van der Waals surface area contributed by atoms with E-state index in [1.807, 2.05) is 11.0 Å². The van der Waals surface area contributed by atoms with Gasteiger partial charge < -0.3 is 14.4 Å². The van der Waals surface area contributed by atoms with Crippen LogP contribution < -0.4 is 14.4 Å². The van der Waals surface area contributed by atoms with E-state index in [0.29, 0.717) is 23.9 Å². The van der Waals surface area contributed by atoms with Crippen molar-refractivity contribution in [2.45, 2.75) is 19.8 Å². The summed E-state index contributed by atoms with van der Waals surface area (Å²) < 4.78 is 10.9. The van der Waals surface area contributed by atoms with Gasteiger partial charge in [0.25, 0.3) is 0 Å². The number of carbonyl (C=O) groups is 1. The SMILES string of the molecule is CCOc1cc(C#N)ccc1OC(=O)c1nc(N2CCCC2)ncc1Cl. The van der Waals surface area contributed by atoms with Gasteiger partial charge in [0.1, 0.15) is 0 Å². The number of esters is 1. The molecule has 0 unspecified atom stereocenters. The normalized spacial score (nSPS) is 13.3. The first-order valence-corrected chi connectivity index (χ1v) is 8.66. The molecule has 2 heterocycles. The van der Waals surface area contributed by atoms with Gasteiger partial charge in [0, 0.05) is 19.2 Å². The number of anilines is 1. The van der Waals surface area contributed by atoms with Crippen LogP contribution in [0.1, 0.15) is 35.8 Å². The summed E-state index contributed by atoms with van der Waals surface area (Å²) in [6.45, 7) is 3.86. The van der Waals surface area contributed by atoms with Gasteiger partial charge in [-0.15, -0.1) is 0 Å². The van der Waals surface area contributed by atoms with Crippen LogP contribution >= 0.6 is 11.6 Å². The molecule has 1 fully saturated rings. The first-order chi connectivity index (χ1) is 12.6. The molecule has 1 saturated heterocycles. The molecule has 26 heavy (non-hydrogen) atoms. The first-order valence-electron chi connectivity index (χ1n) is 8.29. The maximum atomic E-state index is 12.6. The molecular formula is C18H17ClN4O3. The van der Waals surface area contributed by atoms with Gasteiger partial charge in [0.15, 0.2) is 17.2 Å². The summed E-state index contributed by atoms with van der Waals surface area (Å²) in [6.07, 6.45) is 3.53. The average molecular weight is 373 g/mol. The van der Waals surface area contributed by atoms with Crippen LogP contribution in [0.25, 0.3) is 0 Å². The zero-order valence-electron chi connectivity index (χ0n) is 14.2. The number of ether oxygens (including phenoxy) is 2. The van der Waals surface area contributed by atoms with Crippen LogP contribution in [0, 0.1) is 11.3 Å². The first kappa shape index (κ1) is 18.0. The second-order valence-electron chi connectivity index (χ2n) is 5.66. The van der Waals surface area contributed by atoms with Gasteiger partial charge in [-0.3, -0.25) is 0 Å². The zero-order valence-corrected chi connectivity index (χ0v) is 15.0. The van der Waals surface area contributed by atoms with Crippen LogP contribution in [0.4, 0.5) is 5.95 Å². The smallest absolute Gasteiger partial charge is 0.364 e. The third kappa shape index (κ3) is 3.86. The van der Waals surface area contributed by atoms with Crippen LogP contribution in [-0.2, 0) is 0 Å². The number of halogens is 1. The van der Waals surface area contributed by atoms with Crippen molar-refractivity contribution in [3.63, 3.8) is 0 Å². The summed E-state index contributed by atoms with van der Waals surface area (Å²) in [5.74, 6) is 0.269. The molecule has 0 amide bonds. The Hall–Kier alpha value is -2.85. The van der Waals surface area contributed by atoms with Gasteiger partial charge in [-0.05, 0) is 31.9 Å². The highest BCUT2D eigenvalue weighted by molar-refractivity contribution is 6.33. The van der Waals surface area contributed by atoms with Crippen molar-refractivity contribution < 1.29 is 14.3 Å². The molecule has 1 aliphatic heterocycles. The zero-order chi connectivity index (χ0) is 18.5. The summed E-state index contributed by atoms with van der Waals surface area (Å²) in [6, 6.07) is 6.59. The summed E-state index contributed by atoms with van der Waals surface area (Å²) in [5.41, 5.74) is 0.403. The van der Waals surface area contributed by atoms with E-state index in [9.17, 15) is 4.79 Å². The van der Waals surface area contributed by atoms with Crippen molar-refractivity contribution in [2.24, 2.45) is 0 Å². The fourth-order valence-electron chi connectivity index (χ4n) is 2.65. The number of benzene rings is 1. The Labute approximate surface area is 156 Å². The molecule has 134 valence electrons. The lowest BCUT2D eigenvalue weighted by Gasteiger charge is -2.16. The van der Waals surface area contributed by atoms with Crippen LogP contribution in [0.2, 0.25) is 5.02 Å². The number of hydrogen-bond acceptors (Lipinski definition) is 7. The molecule has 0 N–H and O–H groups in total. The Morgan fingerprint density at radius 2 is 2.12 bits per heavy atom. The minimum atomic E-state index is -0.705. The molecule has 7 nitrogen and oxygen atoms in total. The lowest BCUT2D eigenvalue weighted by molar-refractivity contribution is 0.0722. The van der Waals surface area contributed by atoms with Gasteiger partial charge in [0.2, 0.25) is 5.95 Å². The highest BCUT2D eigenvalue weighted by Gasteiger charge is 2.22. The number of rotatable bonds is 5. The second kappa shape index (κ2) is 8.02. The number of nitrogens with zero attached hydrogens (tertiary/aromatic N) is 4. The molecule has 0 atom stereocenters. The van der Waals surface area contributed by atoms with Crippen molar-refractivity contribution in [1.82, 2.24) is 9.97 Å². The molecule has 2 aromatic rings. The van der Waals surface area contributed by atoms with Gasteiger partial charge in [-0.2, -0.15) is 5.26 Å². The number of aromatic nitrogens is 2. The Morgan fingerprint density at radius 1 is 1.35 bits per heavy atom. The third-order valence-corrected chi connectivity index (χ3v) is 4.17.